The van der Waals surface area contributed by atoms with E-state index in [2.05, 4.69) is 41.1 Å². The molecule has 5 aliphatic rings. The molecule has 0 N–H and O–H groups in total. The Morgan fingerprint density at radius 1 is 0.758 bits per heavy atom. The summed E-state index contributed by atoms with van der Waals surface area (Å²) in [5, 5.41) is 3.76. The first-order chi connectivity index (χ1) is 15.9. The molecular weight excluding hydrogens is 518 g/mol. The largest absolute Gasteiger partial charge is 0.237 e. The summed E-state index contributed by atoms with van der Waals surface area (Å²) in [4.78, 5) is -1.69. The van der Waals surface area contributed by atoms with Crippen LogP contribution < -0.4 is 0 Å². The van der Waals surface area contributed by atoms with E-state index in [0.717, 1.165) is 29.8 Å². The minimum Gasteiger partial charge on any atom is -0.237 e. The molecule has 7 heteroatoms. The Balaban J connectivity index is 1.51. The minimum absolute atomic E-state index is 0.0608. The predicted octanol–water partition coefficient (Wildman–Crippen LogP) is 7.55. The predicted molar refractivity (Wildman–Crippen MR) is 137 cm³/mol. The van der Waals surface area contributed by atoms with Crippen LogP contribution in [0.5, 0.6) is 0 Å². The second-order valence-corrected chi connectivity index (χ2v) is 12.6. The Labute approximate surface area is 218 Å². The first kappa shape index (κ1) is 21.4. The molecular formula is C26H21Cl5N2. The molecule has 0 radical (unpaired) electrons. The maximum absolute atomic E-state index is 7.38. The third-order valence-corrected chi connectivity index (χ3v) is 12.6. The van der Waals surface area contributed by atoms with Gasteiger partial charge in [0, 0.05) is 17.0 Å². The van der Waals surface area contributed by atoms with Crippen molar-refractivity contribution in [2.24, 2.45) is 11.8 Å². The molecule has 3 fully saturated rings. The molecule has 33 heavy (non-hydrogen) atoms. The van der Waals surface area contributed by atoms with Gasteiger partial charge >= 0.3 is 0 Å². The molecule has 5 aliphatic carbocycles. The van der Waals surface area contributed by atoms with Crippen molar-refractivity contribution in [1.29, 1.82) is 0 Å². The van der Waals surface area contributed by atoms with E-state index in [1.807, 2.05) is 24.3 Å². The van der Waals surface area contributed by atoms with E-state index in [9.17, 15) is 0 Å². The van der Waals surface area contributed by atoms with E-state index in [-0.39, 0.29) is 23.7 Å². The van der Waals surface area contributed by atoms with Crippen LogP contribution in [-0.4, -0.2) is 35.7 Å². The Kier molecular flexibility index (Phi) is 4.59. The SMILES string of the molecule is Cl[C@@H]1[C@]2(Cl)[C@@H]3[C@@H]([C@H]4CC[C@@H]3c3c(-c5ccccc5)nn(-c5ccccc5)c34)[C@@]1(Cl)[C@H](Cl)[C@@H]2Cl. The molecule has 2 nitrogen and oxygen atoms in total. The van der Waals surface area contributed by atoms with E-state index >= 15 is 0 Å². The second-order valence-electron chi connectivity index (χ2n) is 9.92. The number of para-hydroxylation sites is 1. The molecule has 1 aromatic heterocycles. The van der Waals surface area contributed by atoms with Crippen LogP contribution in [0.2, 0.25) is 0 Å². The highest BCUT2D eigenvalue weighted by Gasteiger charge is 2.82. The van der Waals surface area contributed by atoms with Gasteiger partial charge < -0.3 is 0 Å². The smallest absolute Gasteiger partial charge is 0.0965 e. The number of rotatable bonds is 2. The van der Waals surface area contributed by atoms with E-state index in [0.29, 0.717) is 0 Å². The minimum atomic E-state index is -0.846. The van der Waals surface area contributed by atoms with Gasteiger partial charge in [-0.25, -0.2) is 4.68 Å². The molecule has 0 saturated heterocycles. The number of hydrogen-bond acceptors (Lipinski definition) is 1. The van der Waals surface area contributed by atoms with Gasteiger partial charge in [0.2, 0.25) is 0 Å². The lowest BCUT2D eigenvalue weighted by Gasteiger charge is -2.55. The summed E-state index contributed by atoms with van der Waals surface area (Å²) < 4.78 is 2.13. The molecule has 0 aliphatic heterocycles. The molecule has 8 rings (SSSR count). The number of benzene rings is 2. The molecule has 2 aromatic carbocycles. The van der Waals surface area contributed by atoms with Crippen molar-refractivity contribution in [1.82, 2.24) is 9.78 Å². The average molecular weight is 539 g/mol. The molecule has 3 aromatic rings. The zero-order valence-electron chi connectivity index (χ0n) is 17.5. The highest BCUT2D eigenvalue weighted by molar-refractivity contribution is 6.49. The Morgan fingerprint density at radius 3 is 1.94 bits per heavy atom. The van der Waals surface area contributed by atoms with Gasteiger partial charge in [-0.05, 0) is 42.7 Å². The fourth-order valence-electron chi connectivity index (χ4n) is 7.53. The molecule has 4 bridgehead atoms. The summed E-state index contributed by atoms with van der Waals surface area (Å²) in [6, 6.07) is 20.7. The van der Waals surface area contributed by atoms with Crippen LogP contribution in [0.15, 0.2) is 60.7 Å². The summed E-state index contributed by atoms with van der Waals surface area (Å²) in [6.45, 7) is 0. The van der Waals surface area contributed by atoms with Crippen molar-refractivity contribution in [3.05, 3.63) is 71.9 Å². The summed E-state index contributed by atoms with van der Waals surface area (Å²) in [7, 11) is 0. The zero-order chi connectivity index (χ0) is 22.7. The van der Waals surface area contributed by atoms with Gasteiger partial charge in [0.25, 0.3) is 0 Å². The number of halogens is 5. The number of aromatic nitrogens is 2. The third kappa shape index (κ3) is 2.43. The van der Waals surface area contributed by atoms with Gasteiger partial charge in [-0.1, -0.05) is 48.5 Å². The first-order valence-electron chi connectivity index (χ1n) is 11.4. The molecule has 9 atom stereocenters. The van der Waals surface area contributed by atoms with Crippen LogP contribution in [0.25, 0.3) is 16.9 Å². The van der Waals surface area contributed by atoms with Gasteiger partial charge in [-0.2, -0.15) is 5.10 Å². The van der Waals surface area contributed by atoms with Crippen LogP contribution in [0, 0.1) is 11.8 Å². The van der Waals surface area contributed by atoms with Gasteiger partial charge in [0.15, 0.2) is 0 Å². The normalized spacial score (nSPS) is 42.4. The van der Waals surface area contributed by atoms with Crippen molar-refractivity contribution in [3.63, 3.8) is 0 Å². The van der Waals surface area contributed by atoms with Crippen LogP contribution in [-0.2, 0) is 0 Å². The fourth-order valence-corrected chi connectivity index (χ4v) is 10.6. The Bertz CT molecular complexity index is 1150. The van der Waals surface area contributed by atoms with E-state index in [1.54, 1.807) is 0 Å². The number of hydrogen-bond donors (Lipinski definition) is 0. The average Bonchev–Trinajstić information content (AvgIpc) is 3.40. The van der Waals surface area contributed by atoms with E-state index in [1.165, 1.54) is 11.3 Å². The van der Waals surface area contributed by atoms with Gasteiger partial charge in [0.1, 0.15) is 0 Å². The van der Waals surface area contributed by atoms with Crippen molar-refractivity contribution >= 4 is 58.0 Å². The lowest BCUT2D eigenvalue weighted by Crippen LogP contribution is -2.57. The van der Waals surface area contributed by atoms with Crippen LogP contribution in [0.3, 0.4) is 0 Å². The highest BCUT2D eigenvalue weighted by Crippen LogP contribution is 2.77. The van der Waals surface area contributed by atoms with Crippen molar-refractivity contribution < 1.29 is 0 Å². The maximum atomic E-state index is 7.38. The van der Waals surface area contributed by atoms with Gasteiger partial charge in [0.05, 0.1) is 43.0 Å². The summed E-state index contributed by atoms with van der Waals surface area (Å²) in [5.41, 5.74) is 5.71. The quantitative estimate of drug-likeness (QED) is 0.308. The lowest BCUT2D eigenvalue weighted by molar-refractivity contribution is 0.109. The Morgan fingerprint density at radius 2 is 1.30 bits per heavy atom. The monoisotopic (exact) mass is 536 g/mol. The van der Waals surface area contributed by atoms with Crippen LogP contribution in [0.1, 0.15) is 35.9 Å². The van der Waals surface area contributed by atoms with E-state index < -0.39 is 25.9 Å². The zero-order valence-corrected chi connectivity index (χ0v) is 21.3. The lowest BCUT2D eigenvalue weighted by atomic mass is 9.53. The summed E-state index contributed by atoms with van der Waals surface area (Å²) in [6.07, 6.45) is 2.05. The third-order valence-electron chi connectivity index (χ3n) is 8.67. The summed E-state index contributed by atoms with van der Waals surface area (Å²) >= 11 is 35.5. The van der Waals surface area contributed by atoms with E-state index in [4.69, 9.17) is 63.1 Å². The van der Waals surface area contributed by atoms with Crippen molar-refractivity contribution in [2.75, 3.05) is 0 Å². The van der Waals surface area contributed by atoms with Gasteiger partial charge in [-0.15, -0.1) is 58.0 Å². The summed E-state index contributed by atoms with van der Waals surface area (Å²) in [5.74, 6) is 0.488. The number of fused-ring (bicyclic) bond motifs is 3. The molecule has 0 unspecified atom stereocenters. The molecule has 0 spiro atoms. The number of alkyl halides is 5. The molecule has 0 amide bonds. The molecule has 1 heterocycles. The van der Waals surface area contributed by atoms with Crippen LogP contribution in [0.4, 0.5) is 0 Å². The van der Waals surface area contributed by atoms with Crippen molar-refractivity contribution in [2.45, 2.75) is 50.6 Å². The number of nitrogens with zero attached hydrogens (tertiary/aromatic N) is 2. The molecule has 3 saturated carbocycles. The molecule has 170 valence electrons. The topological polar surface area (TPSA) is 17.8 Å². The van der Waals surface area contributed by atoms with Crippen molar-refractivity contribution in [3.8, 4) is 16.9 Å². The van der Waals surface area contributed by atoms with Gasteiger partial charge in [-0.3, -0.25) is 0 Å². The highest BCUT2D eigenvalue weighted by atomic mass is 35.5. The second kappa shape index (κ2) is 7.08. The first-order valence-corrected chi connectivity index (χ1v) is 13.5. The fraction of sp³-hybridized carbons (Fsp3) is 0.423. The maximum Gasteiger partial charge on any atom is 0.0965 e. The standard InChI is InChI=1S/C26H21Cl5N2/c27-22-23(28)26(31)19-16-12-11-15(18(19)25(22,30)24(26)29)17-20(13-7-3-1-4-8-13)32-33(21(16)17)14-9-5-2-6-10-14/h1-10,15-16,18-19,22-24H,11-12H2/t15-,16-,18+,19-,22+,23-,24-,25+,26-/m1/s1. The Hall–Kier alpha value is -0.900. The van der Waals surface area contributed by atoms with Crippen LogP contribution >= 0.6 is 58.0 Å².